The van der Waals surface area contributed by atoms with Gasteiger partial charge in [-0.15, -0.1) is 5.46 Å². The second-order valence-electron chi connectivity index (χ2n) is 4.16. The van der Waals surface area contributed by atoms with Gasteiger partial charge in [-0.1, -0.05) is 29.8 Å². The van der Waals surface area contributed by atoms with Crippen LogP contribution >= 0.6 is 0 Å². The van der Waals surface area contributed by atoms with Crippen LogP contribution in [0.5, 0.6) is 0 Å². The Balaban J connectivity index is 2.14. The van der Waals surface area contributed by atoms with Gasteiger partial charge in [0.05, 0.1) is 13.2 Å². The van der Waals surface area contributed by atoms with Crippen molar-refractivity contribution >= 4 is 12.4 Å². The van der Waals surface area contributed by atoms with Gasteiger partial charge in [0.2, 0.25) is 0 Å². The molecule has 0 radical (unpaired) electrons. The highest BCUT2D eigenvalue weighted by Gasteiger charge is 2.28. The quantitative estimate of drug-likeness (QED) is 0.748. The largest absolute Gasteiger partial charge is 0.509 e. The minimum Gasteiger partial charge on any atom is -0.445 e. The minimum absolute atomic E-state index is 0.348. The molecule has 1 aliphatic heterocycles. The summed E-state index contributed by atoms with van der Waals surface area (Å²) >= 11 is 0. The number of rotatable bonds is 3. The predicted molar refractivity (Wildman–Crippen MR) is 61.3 cm³/mol. The van der Waals surface area contributed by atoms with Gasteiger partial charge in [-0.05, 0) is 0 Å². The molecule has 1 aliphatic rings. The summed E-state index contributed by atoms with van der Waals surface area (Å²) in [5, 5.41) is 0. The molecule has 0 N–H and O–H groups in total. The van der Waals surface area contributed by atoms with E-state index >= 15 is 0 Å². The molecule has 2 nitrogen and oxygen atoms in total. The van der Waals surface area contributed by atoms with Crippen LogP contribution in [0.25, 0.3) is 0 Å². The van der Waals surface area contributed by atoms with Gasteiger partial charge >= 0.3 is 6.98 Å². The predicted octanol–water partition coefficient (Wildman–Crippen LogP) is 1.57. The first-order chi connectivity index (χ1) is 8.07. The van der Waals surface area contributed by atoms with E-state index in [1.807, 2.05) is 4.90 Å². The lowest BCUT2D eigenvalue weighted by Crippen LogP contribution is -2.41. The van der Waals surface area contributed by atoms with Crippen molar-refractivity contribution in [1.82, 2.24) is 4.90 Å². The fourth-order valence-corrected chi connectivity index (χ4v) is 2.00. The van der Waals surface area contributed by atoms with Crippen LogP contribution in [0.15, 0.2) is 24.3 Å². The Kier molecular flexibility index (Phi) is 3.74. The van der Waals surface area contributed by atoms with Crippen LogP contribution < -0.4 is 5.46 Å². The van der Waals surface area contributed by atoms with Gasteiger partial charge < -0.3 is 17.7 Å². The lowest BCUT2D eigenvalue weighted by atomic mass is 9.77. The van der Waals surface area contributed by atoms with Gasteiger partial charge in [-0.25, -0.2) is 0 Å². The maximum atomic E-state index is 12.8. The molecule has 1 aromatic carbocycles. The fraction of sp³-hybridized carbons (Fsp3) is 0.455. The van der Waals surface area contributed by atoms with Crippen LogP contribution in [0.2, 0.25) is 0 Å². The number of benzene rings is 1. The van der Waals surface area contributed by atoms with Gasteiger partial charge in [-0.2, -0.15) is 0 Å². The summed E-state index contributed by atoms with van der Waals surface area (Å²) in [4.78, 5) is 1.99. The maximum absolute atomic E-state index is 12.8. The fourth-order valence-electron chi connectivity index (χ4n) is 2.00. The monoisotopic (exact) mass is 244 g/mol. The van der Waals surface area contributed by atoms with Crippen LogP contribution in [0.1, 0.15) is 5.56 Å². The Bertz CT molecular complexity index is 377. The Morgan fingerprint density at radius 1 is 1.12 bits per heavy atom. The Hall–Kier alpha value is -1.01. The second kappa shape index (κ2) is 5.10. The second-order valence-corrected chi connectivity index (χ2v) is 4.16. The number of nitrogens with zero attached hydrogens (tertiary/aromatic N) is 1. The highest BCUT2D eigenvalue weighted by molar-refractivity contribution is 6.74. The normalized spacial score (nSPS) is 18.3. The van der Waals surface area contributed by atoms with Crippen molar-refractivity contribution in [1.29, 1.82) is 0 Å². The average Bonchev–Trinajstić information content (AvgIpc) is 2.30. The summed E-state index contributed by atoms with van der Waals surface area (Å²) in [7, 11) is 0. The van der Waals surface area contributed by atoms with Crippen molar-refractivity contribution in [2.24, 2.45) is 0 Å². The number of hydrogen-bond donors (Lipinski definition) is 0. The molecule has 1 fully saturated rings. The number of hydrogen-bond acceptors (Lipinski definition) is 2. The first-order valence-corrected chi connectivity index (χ1v) is 5.65. The van der Waals surface area contributed by atoms with E-state index in [1.54, 1.807) is 12.1 Å². The molecule has 94 valence electrons. The van der Waals surface area contributed by atoms with Crippen molar-refractivity contribution in [3.63, 3.8) is 0 Å². The Labute approximate surface area is 98.4 Å². The molecule has 0 atom stereocenters. The molecule has 0 unspecified atom stereocenters. The molecule has 1 heterocycles. The van der Waals surface area contributed by atoms with E-state index in [0.717, 1.165) is 6.07 Å². The van der Waals surface area contributed by atoms with E-state index in [1.165, 1.54) is 6.07 Å². The number of halogens is 3. The summed E-state index contributed by atoms with van der Waals surface area (Å²) in [6, 6.07) is 5.81. The summed E-state index contributed by atoms with van der Waals surface area (Å²) in [5.41, 5.74) is -0.110. The van der Waals surface area contributed by atoms with E-state index in [-0.39, 0.29) is 0 Å². The standard InChI is InChI=1S/C11H14BF3NO/c13-12(14,15)11-4-2-1-3-10(11)9-16-5-7-17-8-6-16/h1-4H,5-9H2/q-1. The van der Waals surface area contributed by atoms with Crippen LogP contribution in [-0.2, 0) is 11.3 Å². The molecule has 1 saturated heterocycles. The molecule has 1 aromatic rings. The highest BCUT2D eigenvalue weighted by atomic mass is 19.4. The molecule has 0 amide bonds. The van der Waals surface area contributed by atoms with Gasteiger partial charge in [0.25, 0.3) is 0 Å². The van der Waals surface area contributed by atoms with Crippen molar-refractivity contribution in [3.05, 3.63) is 29.8 Å². The van der Waals surface area contributed by atoms with E-state index in [4.69, 9.17) is 4.74 Å². The van der Waals surface area contributed by atoms with Gasteiger partial charge in [0, 0.05) is 19.6 Å². The first-order valence-electron chi connectivity index (χ1n) is 5.65. The zero-order valence-corrected chi connectivity index (χ0v) is 9.41. The van der Waals surface area contributed by atoms with Gasteiger partial charge in [0.1, 0.15) is 0 Å². The molecule has 0 aliphatic carbocycles. The molecular formula is C11H14BF3NO-. The molecule has 0 spiro atoms. The SMILES string of the molecule is F[B-](F)(F)c1ccccc1CN1CCOCC1. The van der Waals surface area contributed by atoms with E-state index < -0.39 is 12.4 Å². The van der Waals surface area contributed by atoms with Gasteiger partial charge in [-0.3, -0.25) is 4.90 Å². The third kappa shape index (κ3) is 3.23. The van der Waals surface area contributed by atoms with E-state index in [9.17, 15) is 12.9 Å². The third-order valence-corrected chi connectivity index (χ3v) is 2.91. The Morgan fingerprint density at radius 2 is 1.76 bits per heavy atom. The number of morpholine rings is 1. The topological polar surface area (TPSA) is 12.5 Å². The lowest BCUT2D eigenvalue weighted by Gasteiger charge is -2.29. The third-order valence-electron chi connectivity index (χ3n) is 2.91. The van der Waals surface area contributed by atoms with Crippen molar-refractivity contribution in [2.75, 3.05) is 26.3 Å². The van der Waals surface area contributed by atoms with Crippen LogP contribution in [0, 0.1) is 0 Å². The molecular weight excluding hydrogens is 230 g/mol. The molecule has 0 bridgehead atoms. The van der Waals surface area contributed by atoms with Crippen molar-refractivity contribution in [3.8, 4) is 0 Å². The highest BCUT2D eigenvalue weighted by Crippen LogP contribution is 2.14. The molecule has 0 aromatic heterocycles. The molecule has 6 heteroatoms. The molecule has 0 saturated carbocycles. The maximum Gasteiger partial charge on any atom is 0.509 e. The van der Waals surface area contributed by atoms with Crippen LogP contribution in [0.3, 0.4) is 0 Å². The lowest BCUT2D eigenvalue weighted by molar-refractivity contribution is 0.0343. The Morgan fingerprint density at radius 3 is 2.41 bits per heavy atom. The van der Waals surface area contributed by atoms with Gasteiger partial charge in [0.15, 0.2) is 0 Å². The van der Waals surface area contributed by atoms with Crippen molar-refractivity contribution in [2.45, 2.75) is 6.54 Å². The first kappa shape index (κ1) is 12.5. The molecule has 17 heavy (non-hydrogen) atoms. The number of ether oxygens (including phenoxy) is 1. The zero-order valence-electron chi connectivity index (χ0n) is 9.41. The summed E-state index contributed by atoms with van der Waals surface area (Å²) in [5.74, 6) is 0. The average molecular weight is 244 g/mol. The van der Waals surface area contributed by atoms with E-state index in [0.29, 0.717) is 38.4 Å². The van der Waals surface area contributed by atoms with Crippen molar-refractivity contribution < 1.29 is 17.7 Å². The minimum atomic E-state index is -4.93. The summed E-state index contributed by atoms with van der Waals surface area (Å²) in [6.45, 7) is -2.00. The molecule has 2 rings (SSSR count). The van der Waals surface area contributed by atoms with Crippen LogP contribution in [0.4, 0.5) is 12.9 Å². The zero-order chi connectivity index (χ0) is 12.3. The smallest absolute Gasteiger partial charge is 0.445 e. The van der Waals surface area contributed by atoms with E-state index in [2.05, 4.69) is 0 Å². The summed E-state index contributed by atoms with van der Waals surface area (Å²) < 4.78 is 43.6. The summed E-state index contributed by atoms with van der Waals surface area (Å²) in [6.07, 6.45) is 0. The van der Waals surface area contributed by atoms with Crippen LogP contribution in [-0.4, -0.2) is 38.2 Å².